The molecule has 2 amide bonds. The van der Waals surface area contributed by atoms with E-state index in [0.717, 1.165) is 44.2 Å². The second kappa shape index (κ2) is 11.1. The maximum Gasteiger partial charge on any atom is 0.318 e. The lowest BCUT2D eigenvalue weighted by Gasteiger charge is -2.30. The molecular weight excluding hydrogens is 439 g/mol. The van der Waals surface area contributed by atoms with Crippen LogP contribution < -0.4 is 5.32 Å². The number of carbonyl (C=O) groups is 1. The molecule has 2 aromatic rings. The average molecular weight is 477 g/mol. The van der Waals surface area contributed by atoms with Crippen LogP contribution in [0, 0.1) is 11.7 Å². The molecule has 2 aliphatic rings. The van der Waals surface area contributed by atoms with Gasteiger partial charge in [0.05, 0.1) is 17.6 Å². The Labute approximate surface area is 208 Å². The van der Waals surface area contributed by atoms with Gasteiger partial charge in [-0.05, 0) is 55.9 Å². The summed E-state index contributed by atoms with van der Waals surface area (Å²) in [4.78, 5) is 14.7. The summed E-state index contributed by atoms with van der Waals surface area (Å²) in [5, 5.41) is 7.97. The zero-order valence-corrected chi connectivity index (χ0v) is 21.0. The van der Waals surface area contributed by atoms with E-state index in [1.165, 1.54) is 29.0 Å². The third-order valence-corrected chi connectivity index (χ3v) is 7.45. The van der Waals surface area contributed by atoms with Crippen molar-refractivity contribution in [3.63, 3.8) is 0 Å². The Morgan fingerprint density at radius 1 is 1.29 bits per heavy atom. The zero-order valence-electron chi connectivity index (χ0n) is 21.0. The summed E-state index contributed by atoms with van der Waals surface area (Å²) in [6.45, 7) is 13.0. The Balaban J connectivity index is 1.51. The number of rotatable bonds is 10. The second-order valence-corrected chi connectivity index (χ2v) is 9.78. The van der Waals surface area contributed by atoms with Crippen LogP contribution in [0.3, 0.4) is 0 Å². The lowest BCUT2D eigenvalue weighted by Crippen LogP contribution is -2.45. The van der Waals surface area contributed by atoms with Crippen molar-refractivity contribution in [2.45, 2.75) is 64.3 Å². The van der Waals surface area contributed by atoms with Crippen molar-refractivity contribution < 1.29 is 9.18 Å². The molecule has 4 rings (SSSR count). The van der Waals surface area contributed by atoms with Gasteiger partial charge in [0.1, 0.15) is 5.82 Å². The SMILES string of the molecule is C=CCN(CC=C)C(=O)NC(CCC)C[C@H]1CCC2=C1[C@@H](C)c1cnn(-c3ccc(F)cc3)c1C2. The third kappa shape index (κ3) is 5.26. The number of allylic oxidation sites excluding steroid dienone is 2. The maximum atomic E-state index is 13.4. The number of carbonyl (C=O) groups excluding carboxylic acids is 1. The molecule has 0 radical (unpaired) electrons. The van der Waals surface area contributed by atoms with Crippen LogP contribution in [0.1, 0.15) is 63.1 Å². The van der Waals surface area contributed by atoms with Gasteiger partial charge in [0.25, 0.3) is 0 Å². The first kappa shape index (κ1) is 25.0. The van der Waals surface area contributed by atoms with Crippen LogP contribution >= 0.6 is 0 Å². The zero-order chi connectivity index (χ0) is 24.9. The number of nitrogens with zero attached hydrogens (tertiary/aromatic N) is 3. The summed E-state index contributed by atoms with van der Waals surface area (Å²) >= 11 is 0. The van der Waals surface area contributed by atoms with E-state index in [2.05, 4.69) is 37.4 Å². The van der Waals surface area contributed by atoms with Crippen LogP contribution in [0.25, 0.3) is 5.69 Å². The topological polar surface area (TPSA) is 50.2 Å². The predicted molar refractivity (Wildman–Crippen MR) is 139 cm³/mol. The fourth-order valence-electron chi connectivity index (χ4n) is 5.89. The van der Waals surface area contributed by atoms with Gasteiger partial charge in [0, 0.05) is 37.0 Å². The summed E-state index contributed by atoms with van der Waals surface area (Å²) < 4.78 is 15.4. The molecule has 1 aromatic carbocycles. The maximum absolute atomic E-state index is 13.4. The molecule has 0 saturated heterocycles. The lowest BCUT2D eigenvalue weighted by molar-refractivity contribution is 0.201. The molecule has 3 atom stereocenters. The summed E-state index contributed by atoms with van der Waals surface area (Å²) in [5.41, 5.74) is 6.43. The van der Waals surface area contributed by atoms with Gasteiger partial charge in [-0.25, -0.2) is 13.9 Å². The van der Waals surface area contributed by atoms with Crippen LogP contribution in [-0.4, -0.2) is 39.8 Å². The minimum Gasteiger partial charge on any atom is -0.335 e. The van der Waals surface area contributed by atoms with Crippen LogP contribution in [0.2, 0.25) is 0 Å². The third-order valence-electron chi connectivity index (χ3n) is 7.45. The monoisotopic (exact) mass is 476 g/mol. The number of benzene rings is 1. The minimum absolute atomic E-state index is 0.0463. The number of urea groups is 1. The highest BCUT2D eigenvalue weighted by Gasteiger charge is 2.37. The van der Waals surface area contributed by atoms with E-state index in [1.807, 2.05) is 10.9 Å². The fourth-order valence-corrected chi connectivity index (χ4v) is 5.89. The Hall–Kier alpha value is -3.15. The number of fused-ring (bicyclic) bond motifs is 1. The van der Waals surface area contributed by atoms with Gasteiger partial charge < -0.3 is 10.2 Å². The summed E-state index contributed by atoms with van der Waals surface area (Å²) in [7, 11) is 0. The van der Waals surface area contributed by atoms with Crippen LogP contribution in [-0.2, 0) is 6.42 Å². The van der Waals surface area contributed by atoms with Crippen LogP contribution in [0.5, 0.6) is 0 Å². The summed E-state index contributed by atoms with van der Waals surface area (Å²) in [5.74, 6) is 0.524. The molecule has 5 nitrogen and oxygen atoms in total. The van der Waals surface area contributed by atoms with E-state index in [1.54, 1.807) is 34.8 Å². The van der Waals surface area contributed by atoms with Crippen molar-refractivity contribution in [1.82, 2.24) is 20.0 Å². The Bertz CT molecular complexity index is 1090. The molecule has 0 saturated carbocycles. The molecule has 0 aliphatic heterocycles. The van der Waals surface area contributed by atoms with E-state index < -0.39 is 0 Å². The first-order valence-corrected chi connectivity index (χ1v) is 12.8. The first-order chi connectivity index (χ1) is 17.0. The Morgan fingerprint density at radius 3 is 2.66 bits per heavy atom. The summed E-state index contributed by atoms with van der Waals surface area (Å²) in [6.07, 6.45) is 11.5. The summed E-state index contributed by atoms with van der Waals surface area (Å²) in [6, 6.07) is 6.63. The van der Waals surface area contributed by atoms with E-state index >= 15 is 0 Å². The minimum atomic E-state index is -0.238. The fraction of sp³-hybridized carbons (Fsp3) is 0.448. The molecule has 0 bridgehead atoms. The van der Waals surface area contributed by atoms with E-state index in [9.17, 15) is 9.18 Å². The standard InChI is InChI=1S/C29H37FN4O/c1-5-8-24(32-29(35)33(15-6-2)16-7-3)17-21-9-10-22-18-27-26(20(4)28(21)22)19-31-34(27)25-13-11-23(30)12-14-25/h6-7,11-14,19-21,24H,2-3,5,8-10,15-18H2,1,4H3,(H,32,35)/t20-,21+,24?/m0/s1. The van der Waals surface area contributed by atoms with Gasteiger partial charge in [-0.1, -0.05) is 43.6 Å². The van der Waals surface area contributed by atoms with Gasteiger partial charge in [0.2, 0.25) is 0 Å². The van der Waals surface area contributed by atoms with Crippen molar-refractivity contribution >= 4 is 6.03 Å². The number of nitrogens with one attached hydrogen (secondary N) is 1. The highest BCUT2D eigenvalue weighted by molar-refractivity contribution is 5.74. The molecule has 186 valence electrons. The highest BCUT2D eigenvalue weighted by Crippen LogP contribution is 2.48. The van der Waals surface area contributed by atoms with Gasteiger partial charge >= 0.3 is 6.03 Å². The van der Waals surface area contributed by atoms with Crippen LogP contribution in [0.15, 0.2) is 66.9 Å². The molecule has 1 aromatic heterocycles. The Kier molecular flexibility index (Phi) is 7.89. The molecule has 2 aliphatic carbocycles. The molecular formula is C29H37FN4O. The predicted octanol–water partition coefficient (Wildman–Crippen LogP) is 6.32. The molecule has 1 unspecified atom stereocenters. The number of hydrogen-bond donors (Lipinski definition) is 1. The van der Waals surface area contributed by atoms with E-state index in [4.69, 9.17) is 0 Å². The average Bonchev–Trinajstić information content (AvgIpc) is 3.44. The normalized spacial score (nSPS) is 19.6. The molecule has 1 heterocycles. The number of amides is 2. The van der Waals surface area contributed by atoms with Gasteiger partial charge in [0.15, 0.2) is 0 Å². The van der Waals surface area contributed by atoms with E-state index in [0.29, 0.717) is 24.9 Å². The number of aromatic nitrogens is 2. The van der Waals surface area contributed by atoms with Crippen molar-refractivity contribution in [2.24, 2.45) is 5.92 Å². The molecule has 35 heavy (non-hydrogen) atoms. The van der Waals surface area contributed by atoms with Crippen molar-refractivity contribution in [3.8, 4) is 5.69 Å². The number of hydrogen-bond acceptors (Lipinski definition) is 2. The van der Waals surface area contributed by atoms with Crippen molar-refractivity contribution in [1.29, 1.82) is 0 Å². The molecule has 6 heteroatoms. The molecule has 0 fully saturated rings. The lowest BCUT2D eigenvalue weighted by atomic mass is 9.78. The van der Waals surface area contributed by atoms with Gasteiger partial charge in [-0.3, -0.25) is 0 Å². The largest absolute Gasteiger partial charge is 0.335 e. The van der Waals surface area contributed by atoms with E-state index in [-0.39, 0.29) is 17.9 Å². The molecule has 0 spiro atoms. The first-order valence-electron chi connectivity index (χ1n) is 12.8. The molecule has 1 N–H and O–H groups in total. The quantitative estimate of drug-likeness (QED) is 0.408. The van der Waals surface area contributed by atoms with Crippen molar-refractivity contribution in [2.75, 3.05) is 13.1 Å². The van der Waals surface area contributed by atoms with Gasteiger partial charge in [-0.2, -0.15) is 5.10 Å². The highest BCUT2D eigenvalue weighted by atomic mass is 19.1. The smallest absolute Gasteiger partial charge is 0.318 e. The van der Waals surface area contributed by atoms with Gasteiger partial charge in [-0.15, -0.1) is 13.2 Å². The Morgan fingerprint density at radius 2 is 2.00 bits per heavy atom. The van der Waals surface area contributed by atoms with Crippen LogP contribution in [0.4, 0.5) is 9.18 Å². The second-order valence-electron chi connectivity index (χ2n) is 9.78. The number of halogens is 1. The van der Waals surface area contributed by atoms with Crippen molar-refractivity contribution in [3.05, 3.63) is 84.0 Å².